The number of nitrogens with zero attached hydrogens (tertiary/aromatic N) is 1. The van der Waals surface area contributed by atoms with Gasteiger partial charge in [-0.1, -0.05) is 11.6 Å². The van der Waals surface area contributed by atoms with Crippen molar-refractivity contribution in [3.63, 3.8) is 0 Å². The monoisotopic (exact) mass is 313 g/mol. The average molecular weight is 314 g/mol. The molecule has 21 heavy (non-hydrogen) atoms. The van der Waals surface area contributed by atoms with Gasteiger partial charge in [-0.25, -0.2) is 4.79 Å². The van der Waals surface area contributed by atoms with Gasteiger partial charge in [0.2, 0.25) is 0 Å². The number of carboxylic acid groups (broad SMARTS) is 1. The van der Waals surface area contributed by atoms with Gasteiger partial charge < -0.3 is 14.6 Å². The Kier molecular flexibility index (Phi) is 5.85. The Balaban J connectivity index is 2.01. The fourth-order valence-corrected chi connectivity index (χ4v) is 2.82. The summed E-state index contributed by atoms with van der Waals surface area (Å²) in [5, 5.41) is 9.35. The van der Waals surface area contributed by atoms with Crippen LogP contribution in [-0.4, -0.2) is 49.4 Å². The summed E-state index contributed by atoms with van der Waals surface area (Å²) in [6.07, 6.45) is 1.11. The molecule has 0 amide bonds. The second-order valence-corrected chi connectivity index (χ2v) is 5.72. The molecule has 1 saturated heterocycles. The van der Waals surface area contributed by atoms with Crippen LogP contribution in [0.4, 0.5) is 0 Å². The number of methoxy groups -OCH3 is 1. The van der Waals surface area contributed by atoms with Crippen molar-refractivity contribution in [3.05, 3.63) is 28.8 Å². The van der Waals surface area contributed by atoms with Gasteiger partial charge in [0, 0.05) is 30.8 Å². The number of carboxylic acids is 1. The molecule has 0 aromatic heterocycles. The highest BCUT2D eigenvalue weighted by molar-refractivity contribution is 6.30. The maximum atomic E-state index is 10.6. The molecule has 0 saturated carbocycles. The van der Waals surface area contributed by atoms with E-state index < -0.39 is 5.97 Å². The molecule has 0 bridgehead atoms. The first kappa shape index (κ1) is 16.1. The van der Waals surface area contributed by atoms with Gasteiger partial charge in [0.15, 0.2) is 6.61 Å². The van der Waals surface area contributed by atoms with Gasteiger partial charge in [0.1, 0.15) is 5.75 Å². The number of rotatable bonds is 7. The highest BCUT2D eigenvalue weighted by Crippen LogP contribution is 2.27. The molecule has 1 fully saturated rings. The molecule has 1 atom stereocenters. The van der Waals surface area contributed by atoms with Crippen LogP contribution >= 0.6 is 11.6 Å². The zero-order valence-electron chi connectivity index (χ0n) is 12.0. The van der Waals surface area contributed by atoms with Crippen molar-refractivity contribution in [1.29, 1.82) is 0 Å². The third-order valence-electron chi connectivity index (χ3n) is 3.54. The van der Waals surface area contributed by atoms with Crippen LogP contribution in [0.15, 0.2) is 18.2 Å². The Morgan fingerprint density at radius 3 is 3.05 bits per heavy atom. The highest BCUT2D eigenvalue weighted by atomic mass is 35.5. The summed E-state index contributed by atoms with van der Waals surface area (Å²) in [6, 6.07) is 5.27. The first-order valence-corrected chi connectivity index (χ1v) is 7.30. The van der Waals surface area contributed by atoms with Crippen LogP contribution in [0.3, 0.4) is 0 Å². The van der Waals surface area contributed by atoms with E-state index in [-0.39, 0.29) is 6.61 Å². The van der Waals surface area contributed by atoms with E-state index in [1.165, 1.54) is 0 Å². The number of ether oxygens (including phenoxy) is 2. The molecule has 0 radical (unpaired) electrons. The molecular formula is C15H20ClNO4. The zero-order valence-corrected chi connectivity index (χ0v) is 12.8. The third-order valence-corrected chi connectivity index (χ3v) is 3.78. The molecule has 6 heteroatoms. The Bertz CT molecular complexity index is 495. The minimum Gasteiger partial charge on any atom is -0.482 e. The maximum Gasteiger partial charge on any atom is 0.341 e. The normalized spacial score (nSPS) is 18.9. The molecule has 5 nitrogen and oxygen atoms in total. The number of aliphatic carboxylic acids is 1. The van der Waals surface area contributed by atoms with Gasteiger partial charge >= 0.3 is 5.97 Å². The summed E-state index contributed by atoms with van der Waals surface area (Å²) >= 11 is 6.03. The molecule has 0 aliphatic carbocycles. The van der Waals surface area contributed by atoms with Gasteiger partial charge in [0.25, 0.3) is 0 Å². The number of carbonyl (C=O) groups is 1. The maximum absolute atomic E-state index is 10.6. The quantitative estimate of drug-likeness (QED) is 0.837. The Morgan fingerprint density at radius 1 is 1.52 bits per heavy atom. The lowest BCUT2D eigenvalue weighted by Crippen LogP contribution is -2.22. The zero-order chi connectivity index (χ0) is 15.2. The van der Waals surface area contributed by atoms with Crippen molar-refractivity contribution in [1.82, 2.24) is 4.90 Å². The number of likely N-dealkylation sites (tertiary alicyclic amines) is 1. The summed E-state index contributed by atoms with van der Waals surface area (Å²) in [5.74, 6) is 0.145. The summed E-state index contributed by atoms with van der Waals surface area (Å²) in [5.41, 5.74) is 0.918. The van der Waals surface area contributed by atoms with E-state index in [1.54, 1.807) is 19.2 Å². The van der Waals surface area contributed by atoms with Crippen molar-refractivity contribution in [3.8, 4) is 5.75 Å². The van der Waals surface area contributed by atoms with Crippen LogP contribution in [0.1, 0.15) is 12.0 Å². The summed E-state index contributed by atoms with van der Waals surface area (Å²) in [7, 11) is 1.72. The minimum absolute atomic E-state index is 0.346. The molecule has 1 N–H and O–H groups in total. The summed E-state index contributed by atoms with van der Waals surface area (Å²) in [4.78, 5) is 12.9. The first-order valence-electron chi connectivity index (χ1n) is 6.93. The van der Waals surface area contributed by atoms with Crippen LogP contribution in [0.5, 0.6) is 5.75 Å². The van der Waals surface area contributed by atoms with Crippen molar-refractivity contribution < 1.29 is 19.4 Å². The van der Waals surface area contributed by atoms with E-state index >= 15 is 0 Å². The predicted molar refractivity (Wildman–Crippen MR) is 79.8 cm³/mol. The second-order valence-electron chi connectivity index (χ2n) is 5.28. The van der Waals surface area contributed by atoms with Crippen molar-refractivity contribution >= 4 is 17.6 Å². The van der Waals surface area contributed by atoms with E-state index in [2.05, 4.69) is 4.90 Å². The fourth-order valence-electron chi connectivity index (χ4n) is 2.62. The van der Waals surface area contributed by atoms with Gasteiger partial charge in [-0.3, -0.25) is 4.90 Å². The SMILES string of the molecule is COC[C@H]1CCN(Cc2cc(Cl)ccc2OCC(=O)O)C1. The molecule has 0 spiro atoms. The lowest BCUT2D eigenvalue weighted by molar-refractivity contribution is -0.139. The molecule has 1 aromatic rings. The average Bonchev–Trinajstić information content (AvgIpc) is 2.85. The molecule has 1 aliphatic heterocycles. The van der Waals surface area contributed by atoms with E-state index in [0.29, 0.717) is 23.2 Å². The van der Waals surface area contributed by atoms with E-state index in [1.807, 2.05) is 6.07 Å². The van der Waals surface area contributed by atoms with E-state index in [9.17, 15) is 4.79 Å². The van der Waals surface area contributed by atoms with Crippen molar-refractivity contribution in [2.24, 2.45) is 5.92 Å². The van der Waals surface area contributed by atoms with Crippen molar-refractivity contribution in [2.75, 3.05) is 33.4 Å². The Hall–Kier alpha value is -1.30. The highest BCUT2D eigenvalue weighted by Gasteiger charge is 2.23. The minimum atomic E-state index is -0.989. The largest absolute Gasteiger partial charge is 0.482 e. The standard InChI is InChI=1S/C15H20ClNO4/c1-20-9-11-4-5-17(7-11)8-12-6-13(16)2-3-14(12)21-10-15(18)19/h2-3,6,11H,4-5,7-10H2,1H3,(H,18,19)/t11-/m0/s1. The summed E-state index contributed by atoms with van der Waals surface area (Å²) < 4.78 is 10.5. The predicted octanol–water partition coefficient (Wildman–Crippen LogP) is 2.27. The second kappa shape index (κ2) is 7.64. The molecule has 1 aromatic carbocycles. The molecule has 2 rings (SSSR count). The lowest BCUT2D eigenvalue weighted by atomic mass is 10.1. The first-order chi connectivity index (χ1) is 10.1. The molecule has 0 unspecified atom stereocenters. The van der Waals surface area contributed by atoms with Gasteiger partial charge in [0.05, 0.1) is 6.61 Å². The molecular weight excluding hydrogens is 294 g/mol. The third kappa shape index (κ3) is 4.88. The van der Waals surface area contributed by atoms with Gasteiger partial charge in [-0.05, 0) is 37.1 Å². The number of hydrogen-bond donors (Lipinski definition) is 1. The fraction of sp³-hybridized carbons (Fsp3) is 0.533. The topological polar surface area (TPSA) is 59.0 Å². The van der Waals surface area contributed by atoms with Gasteiger partial charge in [-0.2, -0.15) is 0 Å². The molecule has 1 heterocycles. The summed E-state index contributed by atoms with van der Waals surface area (Å²) in [6.45, 7) is 3.10. The van der Waals surface area contributed by atoms with Crippen LogP contribution in [0.2, 0.25) is 5.02 Å². The van der Waals surface area contributed by atoms with Crippen LogP contribution < -0.4 is 4.74 Å². The Labute approximate surface area is 129 Å². The van der Waals surface area contributed by atoms with Crippen LogP contribution in [0.25, 0.3) is 0 Å². The van der Waals surface area contributed by atoms with Crippen molar-refractivity contribution in [2.45, 2.75) is 13.0 Å². The smallest absolute Gasteiger partial charge is 0.341 e. The lowest BCUT2D eigenvalue weighted by Gasteiger charge is -2.18. The van der Waals surface area contributed by atoms with Crippen LogP contribution in [0, 0.1) is 5.92 Å². The number of benzene rings is 1. The van der Waals surface area contributed by atoms with Gasteiger partial charge in [-0.15, -0.1) is 0 Å². The van der Waals surface area contributed by atoms with E-state index in [4.69, 9.17) is 26.2 Å². The Morgan fingerprint density at radius 2 is 2.33 bits per heavy atom. The molecule has 1 aliphatic rings. The van der Waals surface area contributed by atoms with Crippen LogP contribution in [-0.2, 0) is 16.1 Å². The van der Waals surface area contributed by atoms with E-state index in [0.717, 1.165) is 31.7 Å². The molecule has 116 valence electrons. The number of hydrogen-bond acceptors (Lipinski definition) is 4. The number of halogens is 1.